The highest BCUT2D eigenvalue weighted by Crippen LogP contribution is 2.69. The zero-order chi connectivity index (χ0) is 12.6. The fourth-order valence-electron chi connectivity index (χ4n) is 1.21. The lowest BCUT2D eigenvalue weighted by Crippen LogP contribution is -2.31. The standard InChI is InChI=1S/C6H11NO7P2/c8-6(15(9,10)11,16(12,13)14)3-5-1-2-7-4-5/h1-2,4-5,8H,3H2,(H2,9,10,11)(H2,12,13,14). The Bertz CT molecular complexity index is 385. The predicted octanol–water partition coefficient (Wildman–Crippen LogP) is -0.408. The van der Waals surface area contributed by atoms with Crippen molar-refractivity contribution >= 4 is 21.4 Å². The monoisotopic (exact) mass is 271 g/mol. The molecule has 0 aromatic heterocycles. The van der Waals surface area contributed by atoms with Crippen LogP contribution in [0.1, 0.15) is 6.42 Å². The van der Waals surface area contributed by atoms with Crippen LogP contribution in [0.5, 0.6) is 0 Å². The lowest BCUT2D eigenvalue weighted by atomic mass is 10.1. The molecule has 0 aromatic rings. The number of allylic oxidation sites excluding steroid dienone is 1. The van der Waals surface area contributed by atoms with Crippen molar-refractivity contribution in [3.63, 3.8) is 0 Å². The second-order valence-corrected chi connectivity index (χ2v) is 7.38. The molecule has 0 saturated carbocycles. The van der Waals surface area contributed by atoms with Gasteiger partial charge in [-0.3, -0.25) is 14.1 Å². The van der Waals surface area contributed by atoms with Crippen LogP contribution in [-0.4, -0.2) is 36.0 Å². The highest BCUT2D eigenvalue weighted by molar-refractivity contribution is 7.72. The highest BCUT2D eigenvalue weighted by Gasteiger charge is 2.59. The molecular weight excluding hydrogens is 260 g/mol. The first-order valence-electron chi connectivity index (χ1n) is 4.11. The lowest BCUT2D eigenvalue weighted by molar-refractivity contribution is 0.119. The molecule has 92 valence electrons. The van der Waals surface area contributed by atoms with E-state index in [0.29, 0.717) is 0 Å². The maximum atomic E-state index is 11.0. The molecule has 5 N–H and O–H groups in total. The molecule has 1 heterocycles. The van der Waals surface area contributed by atoms with Gasteiger partial charge < -0.3 is 24.7 Å². The van der Waals surface area contributed by atoms with Gasteiger partial charge in [0.1, 0.15) is 0 Å². The quantitative estimate of drug-likeness (QED) is 0.436. The highest BCUT2D eigenvalue weighted by atomic mass is 31.2. The van der Waals surface area contributed by atoms with E-state index in [-0.39, 0.29) is 0 Å². The van der Waals surface area contributed by atoms with Crippen molar-refractivity contribution in [1.29, 1.82) is 0 Å². The molecule has 1 aliphatic rings. The van der Waals surface area contributed by atoms with Crippen LogP contribution in [0, 0.1) is 5.92 Å². The Balaban J connectivity index is 3.06. The molecule has 10 heteroatoms. The van der Waals surface area contributed by atoms with Gasteiger partial charge in [0, 0.05) is 24.8 Å². The first kappa shape index (κ1) is 13.7. The minimum atomic E-state index is -5.36. The first-order chi connectivity index (χ1) is 7.08. The Morgan fingerprint density at radius 3 is 2.00 bits per heavy atom. The van der Waals surface area contributed by atoms with Gasteiger partial charge in [0.2, 0.25) is 0 Å². The molecule has 1 rings (SSSR count). The number of rotatable bonds is 4. The summed E-state index contributed by atoms with van der Waals surface area (Å²) in [5.74, 6) is -0.717. The summed E-state index contributed by atoms with van der Waals surface area (Å²) in [4.78, 5) is 38.9. The molecule has 0 radical (unpaired) electrons. The van der Waals surface area contributed by atoms with Gasteiger partial charge in [-0.2, -0.15) is 0 Å². The van der Waals surface area contributed by atoms with E-state index >= 15 is 0 Å². The second kappa shape index (κ2) is 4.16. The maximum Gasteiger partial charge on any atom is 0.369 e. The van der Waals surface area contributed by atoms with Gasteiger partial charge in [0.05, 0.1) is 0 Å². The van der Waals surface area contributed by atoms with Crippen LogP contribution < -0.4 is 0 Å². The van der Waals surface area contributed by atoms with Crippen molar-refractivity contribution in [2.45, 2.75) is 11.5 Å². The van der Waals surface area contributed by atoms with Gasteiger partial charge in [0.25, 0.3) is 5.08 Å². The number of nitrogens with zero attached hydrogens (tertiary/aromatic N) is 1. The molecule has 16 heavy (non-hydrogen) atoms. The van der Waals surface area contributed by atoms with Crippen molar-refractivity contribution in [2.24, 2.45) is 10.9 Å². The van der Waals surface area contributed by atoms with E-state index in [2.05, 4.69) is 4.99 Å². The van der Waals surface area contributed by atoms with E-state index in [1.165, 1.54) is 18.5 Å². The smallest absolute Gasteiger partial charge is 0.367 e. The third-order valence-electron chi connectivity index (χ3n) is 2.14. The van der Waals surface area contributed by atoms with Gasteiger partial charge >= 0.3 is 15.2 Å². The van der Waals surface area contributed by atoms with Gasteiger partial charge in [0.15, 0.2) is 0 Å². The molecule has 0 aromatic carbocycles. The summed E-state index contributed by atoms with van der Waals surface area (Å²) in [7, 11) is -10.7. The summed E-state index contributed by atoms with van der Waals surface area (Å²) in [5.41, 5.74) is 0. The van der Waals surface area contributed by atoms with Crippen molar-refractivity contribution in [1.82, 2.24) is 0 Å². The molecular formula is C6H11NO7P2. The molecule has 1 unspecified atom stereocenters. The number of hydrogen-bond donors (Lipinski definition) is 5. The van der Waals surface area contributed by atoms with Crippen LogP contribution in [0.25, 0.3) is 0 Å². The van der Waals surface area contributed by atoms with E-state index in [1.54, 1.807) is 0 Å². The van der Waals surface area contributed by atoms with Gasteiger partial charge in [-0.05, 0) is 0 Å². The number of hydrogen-bond acceptors (Lipinski definition) is 4. The van der Waals surface area contributed by atoms with Crippen molar-refractivity contribution in [2.75, 3.05) is 0 Å². The van der Waals surface area contributed by atoms with E-state index < -0.39 is 32.6 Å². The first-order valence-corrected chi connectivity index (χ1v) is 7.34. The third kappa shape index (κ3) is 2.49. The van der Waals surface area contributed by atoms with Crippen LogP contribution in [0.3, 0.4) is 0 Å². The summed E-state index contributed by atoms with van der Waals surface area (Å²) in [5, 5.41) is 6.15. The van der Waals surface area contributed by atoms with Crippen molar-refractivity contribution in [3.8, 4) is 0 Å². The zero-order valence-electron chi connectivity index (χ0n) is 7.91. The van der Waals surface area contributed by atoms with E-state index in [0.717, 1.165) is 0 Å². The zero-order valence-corrected chi connectivity index (χ0v) is 9.70. The van der Waals surface area contributed by atoms with E-state index in [1.807, 2.05) is 0 Å². The average molecular weight is 271 g/mol. The Morgan fingerprint density at radius 2 is 1.69 bits per heavy atom. The van der Waals surface area contributed by atoms with Gasteiger partial charge in [-0.25, -0.2) is 0 Å². The van der Waals surface area contributed by atoms with Gasteiger partial charge in [-0.15, -0.1) is 0 Å². The molecule has 8 nitrogen and oxygen atoms in total. The Morgan fingerprint density at radius 1 is 1.19 bits per heavy atom. The molecule has 0 amide bonds. The maximum absolute atomic E-state index is 11.0. The molecule has 1 aliphatic heterocycles. The normalized spacial score (nSPS) is 21.7. The van der Waals surface area contributed by atoms with Crippen molar-refractivity contribution < 1.29 is 33.8 Å². The van der Waals surface area contributed by atoms with E-state index in [9.17, 15) is 14.2 Å². The number of aliphatic hydroxyl groups is 1. The predicted molar refractivity (Wildman–Crippen MR) is 54.8 cm³/mol. The Kier molecular flexibility index (Phi) is 3.57. The van der Waals surface area contributed by atoms with Crippen LogP contribution in [0.4, 0.5) is 0 Å². The van der Waals surface area contributed by atoms with Crippen LogP contribution >= 0.6 is 15.2 Å². The van der Waals surface area contributed by atoms with E-state index in [4.69, 9.17) is 19.6 Å². The molecule has 0 fully saturated rings. The second-order valence-electron chi connectivity index (χ2n) is 3.37. The summed E-state index contributed by atoms with van der Waals surface area (Å²) >= 11 is 0. The minimum absolute atomic E-state index is 0.717. The van der Waals surface area contributed by atoms with Gasteiger partial charge in [-0.1, -0.05) is 6.08 Å². The number of aliphatic imine (C=N–C) groups is 1. The molecule has 0 aliphatic carbocycles. The lowest BCUT2D eigenvalue weighted by Gasteiger charge is -2.30. The Labute approximate surface area is 90.7 Å². The molecule has 1 atom stereocenters. The van der Waals surface area contributed by atoms with Crippen molar-refractivity contribution in [3.05, 3.63) is 12.3 Å². The summed E-state index contributed by atoms with van der Waals surface area (Å²) < 4.78 is 21.9. The SMILES string of the molecule is O=P(O)(O)C(O)(CC1C=CN=C1)P(=O)(O)O. The third-order valence-corrected chi connectivity index (χ3v) is 5.93. The molecule has 0 saturated heterocycles. The fraction of sp³-hybridized carbons (Fsp3) is 0.500. The molecule has 0 spiro atoms. The topological polar surface area (TPSA) is 148 Å². The Hall–Kier alpha value is -0.330. The largest absolute Gasteiger partial charge is 0.369 e. The van der Waals surface area contributed by atoms with Crippen LogP contribution in [0.15, 0.2) is 17.3 Å². The summed E-state index contributed by atoms with van der Waals surface area (Å²) in [6.45, 7) is 0. The average Bonchev–Trinajstić information content (AvgIpc) is 2.52. The van der Waals surface area contributed by atoms with Crippen LogP contribution in [0.2, 0.25) is 0 Å². The minimum Gasteiger partial charge on any atom is -0.367 e. The molecule has 0 bridgehead atoms. The fourth-order valence-corrected chi connectivity index (χ4v) is 3.47. The van der Waals surface area contributed by atoms with Crippen LogP contribution in [-0.2, 0) is 9.13 Å². The summed E-state index contributed by atoms with van der Waals surface area (Å²) in [6, 6.07) is 0. The summed E-state index contributed by atoms with van der Waals surface area (Å²) in [6.07, 6.45) is 3.12.